The summed E-state index contributed by atoms with van der Waals surface area (Å²) in [6, 6.07) is 5.60. The van der Waals surface area contributed by atoms with E-state index in [-0.39, 0.29) is 5.84 Å². The van der Waals surface area contributed by atoms with Gasteiger partial charge in [0.2, 0.25) is 0 Å². The zero-order valence-corrected chi connectivity index (χ0v) is 11.4. The Hall–Kier alpha value is -2.01. The largest absolute Gasteiger partial charge is 0.496 e. The van der Waals surface area contributed by atoms with Gasteiger partial charge in [-0.25, -0.2) is 0 Å². The van der Waals surface area contributed by atoms with Crippen molar-refractivity contribution in [1.82, 2.24) is 5.32 Å². The first kappa shape index (κ1) is 15.0. The van der Waals surface area contributed by atoms with E-state index in [4.69, 9.17) is 15.7 Å². The Kier molecular flexibility index (Phi) is 6.46. The summed E-state index contributed by atoms with van der Waals surface area (Å²) in [5.74, 6) is 0.646. The van der Waals surface area contributed by atoms with Gasteiger partial charge in [-0.3, -0.25) is 0 Å². The minimum absolute atomic E-state index is 0.0458. The highest BCUT2D eigenvalue weighted by molar-refractivity contribution is 5.99. The van der Waals surface area contributed by atoms with Crippen LogP contribution in [0.2, 0.25) is 0 Å². The molecule has 0 heterocycles. The number of nitrogens with one attached hydrogen (secondary N) is 1. The fraction of sp³-hybridized carbons (Fsp3) is 0.357. The van der Waals surface area contributed by atoms with Gasteiger partial charge in [0.15, 0.2) is 5.84 Å². The molecule has 0 saturated carbocycles. The van der Waals surface area contributed by atoms with Crippen molar-refractivity contribution in [2.24, 2.45) is 10.9 Å². The van der Waals surface area contributed by atoms with E-state index in [0.29, 0.717) is 11.3 Å². The number of benzene rings is 1. The van der Waals surface area contributed by atoms with E-state index in [9.17, 15) is 0 Å². The maximum absolute atomic E-state index is 8.69. The number of nitrogens with zero attached hydrogens (tertiary/aromatic N) is 1. The van der Waals surface area contributed by atoms with Crippen LogP contribution in [0.25, 0.3) is 0 Å². The molecule has 0 fully saturated rings. The fourth-order valence-electron chi connectivity index (χ4n) is 1.70. The highest BCUT2D eigenvalue weighted by atomic mass is 16.5. The average Bonchev–Trinajstić information content (AvgIpc) is 2.46. The molecule has 0 aliphatic rings. The third-order valence-corrected chi connectivity index (χ3v) is 2.70. The number of hydrogen-bond acceptors (Lipinski definition) is 4. The number of nitrogens with two attached hydrogens (primary N) is 1. The van der Waals surface area contributed by atoms with Gasteiger partial charge in [0.05, 0.1) is 12.7 Å². The third kappa shape index (κ3) is 4.63. The lowest BCUT2D eigenvalue weighted by Gasteiger charge is -2.10. The van der Waals surface area contributed by atoms with Crippen LogP contribution in [0.15, 0.2) is 35.5 Å². The van der Waals surface area contributed by atoms with E-state index in [1.807, 2.05) is 25.1 Å². The van der Waals surface area contributed by atoms with Crippen LogP contribution in [0.3, 0.4) is 0 Å². The quantitative estimate of drug-likeness (QED) is 0.175. The highest BCUT2D eigenvalue weighted by Gasteiger charge is 2.08. The van der Waals surface area contributed by atoms with Crippen LogP contribution in [-0.4, -0.2) is 24.7 Å². The molecule has 0 aromatic heterocycles. The first-order valence-electron chi connectivity index (χ1n) is 6.19. The second kappa shape index (κ2) is 8.16. The van der Waals surface area contributed by atoms with Gasteiger partial charge in [-0.2, -0.15) is 0 Å². The van der Waals surface area contributed by atoms with Gasteiger partial charge >= 0.3 is 0 Å². The molecule has 0 atom stereocenters. The minimum Gasteiger partial charge on any atom is -0.496 e. The summed E-state index contributed by atoms with van der Waals surface area (Å²) < 4.78 is 5.24. The van der Waals surface area contributed by atoms with E-state index in [1.54, 1.807) is 13.2 Å². The van der Waals surface area contributed by atoms with Gasteiger partial charge in [0, 0.05) is 6.54 Å². The SMILES string of the molecule is C/C=C/CCNCc1ccc(/C(N)=N/O)c(OC)c1. The van der Waals surface area contributed by atoms with Crippen LogP contribution < -0.4 is 15.8 Å². The van der Waals surface area contributed by atoms with Crippen LogP contribution >= 0.6 is 0 Å². The lowest BCUT2D eigenvalue weighted by atomic mass is 10.1. The Balaban J connectivity index is 2.66. The monoisotopic (exact) mass is 263 g/mol. The standard InChI is InChI=1S/C14H21N3O2/c1-3-4-5-8-16-10-11-6-7-12(14(15)17-18)13(9-11)19-2/h3-4,6-7,9,16,18H,5,8,10H2,1-2H3,(H2,15,17)/b4-3+. The summed E-state index contributed by atoms with van der Waals surface area (Å²) in [7, 11) is 1.56. The molecule has 1 aromatic carbocycles. The van der Waals surface area contributed by atoms with Crippen molar-refractivity contribution in [3.8, 4) is 5.75 Å². The lowest BCUT2D eigenvalue weighted by molar-refractivity contribution is 0.318. The number of hydrogen-bond donors (Lipinski definition) is 3. The number of methoxy groups -OCH3 is 1. The summed E-state index contributed by atoms with van der Waals surface area (Å²) in [5.41, 5.74) is 7.25. The Morgan fingerprint density at radius 2 is 2.32 bits per heavy atom. The zero-order chi connectivity index (χ0) is 14.1. The summed E-state index contributed by atoms with van der Waals surface area (Å²) in [4.78, 5) is 0. The van der Waals surface area contributed by atoms with E-state index >= 15 is 0 Å². The van der Waals surface area contributed by atoms with Gasteiger partial charge < -0.3 is 21.0 Å². The molecule has 0 amide bonds. The molecule has 4 N–H and O–H groups in total. The number of oxime groups is 1. The Labute approximate surface area is 113 Å². The summed E-state index contributed by atoms with van der Waals surface area (Å²) in [6.45, 7) is 3.69. The van der Waals surface area contributed by atoms with Crippen LogP contribution in [0, 0.1) is 0 Å². The molecule has 0 saturated heterocycles. The van der Waals surface area contributed by atoms with Crippen molar-refractivity contribution in [3.63, 3.8) is 0 Å². The molecule has 0 radical (unpaired) electrons. The highest BCUT2D eigenvalue weighted by Crippen LogP contribution is 2.19. The first-order chi connectivity index (χ1) is 9.22. The van der Waals surface area contributed by atoms with Crippen LogP contribution in [0.4, 0.5) is 0 Å². The van der Waals surface area contributed by atoms with Gasteiger partial charge in [-0.1, -0.05) is 23.4 Å². The molecule has 0 aliphatic heterocycles. The van der Waals surface area contributed by atoms with Crippen LogP contribution in [0.1, 0.15) is 24.5 Å². The van der Waals surface area contributed by atoms with Crippen molar-refractivity contribution in [2.45, 2.75) is 19.9 Å². The topological polar surface area (TPSA) is 79.9 Å². The Bertz CT molecular complexity index is 456. The normalized spacial score (nSPS) is 12.0. The van der Waals surface area contributed by atoms with Crippen molar-refractivity contribution >= 4 is 5.84 Å². The Morgan fingerprint density at radius 1 is 1.53 bits per heavy atom. The maximum Gasteiger partial charge on any atom is 0.173 e. The number of amidine groups is 1. The van der Waals surface area contributed by atoms with E-state index < -0.39 is 0 Å². The molecular weight excluding hydrogens is 242 g/mol. The molecule has 0 bridgehead atoms. The molecule has 104 valence electrons. The zero-order valence-electron chi connectivity index (χ0n) is 11.4. The van der Waals surface area contributed by atoms with E-state index in [1.165, 1.54) is 0 Å². The van der Waals surface area contributed by atoms with E-state index in [0.717, 1.165) is 25.1 Å². The molecular formula is C14H21N3O2. The minimum atomic E-state index is 0.0458. The molecule has 19 heavy (non-hydrogen) atoms. The molecule has 0 unspecified atom stereocenters. The van der Waals surface area contributed by atoms with Crippen molar-refractivity contribution < 1.29 is 9.94 Å². The fourth-order valence-corrected chi connectivity index (χ4v) is 1.70. The molecule has 5 nitrogen and oxygen atoms in total. The molecule has 1 aromatic rings. The van der Waals surface area contributed by atoms with Gasteiger partial charge in [0.25, 0.3) is 0 Å². The second-order valence-electron chi connectivity index (χ2n) is 4.05. The van der Waals surface area contributed by atoms with Gasteiger partial charge in [-0.05, 0) is 37.6 Å². The molecule has 5 heteroatoms. The first-order valence-corrected chi connectivity index (χ1v) is 6.19. The number of rotatable bonds is 7. The predicted molar refractivity (Wildman–Crippen MR) is 76.6 cm³/mol. The third-order valence-electron chi connectivity index (χ3n) is 2.70. The molecule has 0 aliphatic carbocycles. The van der Waals surface area contributed by atoms with Gasteiger partial charge in [-0.15, -0.1) is 0 Å². The summed E-state index contributed by atoms with van der Waals surface area (Å²) >= 11 is 0. The maximum atomic E-state index is 8.69. The van der Waals surface area contributed by atoms with Gasteiger partial charge in [0.1, 0.15) is 5.75 Å². The molecule has 1 rings (SSSR count). The Morgan fingerprint density at radius 3 is 2.95 bits per heavy atom. The second-order valence-corrected chi connectivity index (χ2v) is 4.05. The average molecular weight is 263 g/mol. The number of ether oxygens (including phenoxy) is 1. The summed E-state index contributed by atoms with van der Waals surface area (Å²) in [5, 5.41) is 15.0. The van der Waals surface area contributed by atoms with Crippen LogP contribution in [-0.2, 0) is 6.54 Å². The predicted octanol–water partition coefficient (Wildman–Crippen LogP) is 1.85. The smallest absolute Gasteiger partial charge is 0.173 e. The van der Waals surface area contributed by atoms with Crippen molar-refractivity contribution in [1.29, 1.82) is 0 Å². The lowest BCUT2D eigenvalue weighted by Crippen LogP contribution is -2.16. The van der Waals surface area contributed by atoms with Crippen LogP contribution in [0.5, 0.6) is 5.75 Å². The number of allylic oxidation sites excluding steroid dienone is 1. The van der Waals surface area contributed by atoms with E-state index in [2.05, 4.69) is 16.5 Å². The van der Waals surface area contributed by atoms with Crippen molar-refractivity contribution in [2.75, 3.05) is 13.7 Å². The molecule has 0 spiro atoms. The van der Waals surface area contributed by atoms with Crippen molar-refractivity contribution in [3.05, 3.63) is 41.5 Å². The summed E-state index contributed by atoms with van der Waals surface area (Å²) in [6.07, 6.45) is 5.17.